The topological polar surface area (TPSA) is 84.3 Å². The van der Waals surface area contributed by atoms with E-state index in [0.717, 1.165) is 24.3 Å². The van der Waals surface area contributed by atoms with Gasteiger partial charge in [0.15, 0.2) is 0 Å². The molecule has 0 saturated carbocycles. The van der Waals surface area contributed by atoms with Gasteiger partial charge in [-0.3, -0.25) is 0 Å². The summed E-state index contributed by atoms with van der Waals surface area (Å²) in [5, 5.41) is 20.2. The predicted octanol–water partition coefficient (Wildman–Crippen LogP) is 3.32. The summed E-state index contributed by atoms with van der Waals surface area (Å²) in [5.41, 5.74) is -0.0768. The average Bonchev–Trinajstić information content (AvgIpc) is 2.69. The van der Waals surface area contributed by atoms with E-state index in [1.165, 1.54) is 0 Å². The molecule has 0 spiro atoms. The maximum absolute atomic E-state index is 13.1. The van der Waals surface area contributed by atoms with E-state index in [-0.39, 0.29) is 16.7 Å². The van der Waals surface area contributed by atoms with Crippen LogP contribution in [0.15, 0.2) is 46.8 Å². The third kappa shape index (κ3) is 6.14. The van der Waals surface area contributed by atoms with Crippen LogP contribution in [0.2, 0.25) is 0 Å². The van der Waals surface area contributed by atoms with Gasteiger partial charge in [-0.05, 0) is 45.9 Å². The Kier molecular flexibility index (Phi) is 8.31. The van der Waals surface area contributed by atoms with Crippen LogP contribution < -0.4 is 0 Å². The normalized spacial score (nSPS) is 15.8. The first kappa shape index (κ1) is 26.4. The zero-order chi connectivity index (χ0) is 25.1. The Balaban J connectivity index is 2.77. The fourth-order valence-electron chi connectivity index (χ4n) is 3.96. The third-order valence-corrected chi connectivity index (χ3v) is 5.63. The molecule has 0 saturated heterocycles. The molecule has 0 radical (unpaired) electrons. The summed E-state index contributed by atoms with van der Waals surface area (Å²) >= 11 is 0. The molecule has 1 aromatic rings. The van der Waals surface area contributed by atoms with Crippen LogP contribution in [-0.4, -0.2) is 85.2 Å². The van der Waals surface area contributed by atoms with Crippen LogP contribution in [0.25, 0.3) is 0 Å². The summed E-state index contributed by atoms with van der Waals surface area (Å²) in [6.45, 7) is 1.03. The predicted molar refractivity (Wildman–Crippen MR) is 118 cm³/mol. The second-order valence-electron chi connectivity index (χ2n) is 8.55. The smallest absolute Gasteiger partial charge is 0.416 e. The Hall–Kier alpha value is -2.85. The van der Waals surface area contributed by atoms with Crippen LogP contribution in [0.4, 0.5) is 13.2 Å². The zero-order valence-corrected chi connectivity index (χ0v) is 19.4. The van der Waals surface area contributed by atoms with Crippen LogP contribution in [0.3, 0.4) is 0 Å². The lowest BCUT2D eigenvalue weighted by molar-refractivity contribution is -0.138. The summed E-state index contributed by atoms with van der Waals surface area (Å²) in [5.74, 6) is -3.80. The number of benzene rings is 1. The highest BCUT2D eigenvalue weighted by molar-refractivity contribution is 5.98. The zero-order valence-electron chi connectivity index (χ0n) is 19.4. The molecule has 7 nitrogen and oxygen atoms in total. The molecule has 0 aromatic heterocycles. The standard InChI is InChI=1S/C23H30F3N3O4/c1-27(2)12-10-16-19(21(30)31)18(14-6-8-15(9-7-14)23(24,25)26)20(22(32)33)17(29(16)5)11-13-28(3)4/h6-9,18H,10-13H2,1-5H3,(H,30,31)(H,32,33). The molecule has 33 heavy (non-hydrogen) atoms. The van der Waals surface area contributed by atoms with Crippen LogP contribution in [-0.2, 0) is 15.8 Å². The molecule has 0 atom stereocenters. The van der Waals surface area contributed by atoms with E-state index in [1.54, 1.807) is 11.9 Å². The van der Waals surface area contributed by atoms with Crippen molar-refractivity contribution in [2.75, 3.05) is 48.3 Å². The fourth-order valence-corrected chi connectivity index (χ4v) is 3.96. The maximum Gasteiger partial charge on any atom is 0.416 e. The molecule has 182 valence electrons. The lowest BCUT2D eigenvalue weighted by Gasteiger charge is -2.38. The minimum Gasteiger partial charge on any atom is -0.478 e. The van der Waals surface area contributed by atoms with E-state index in [4.69, 9.17) is 0 Å². The van der Waals surface area contributed by atoms with Gasteiger partial charge >= 0.3 is 18.1 Å². The van der Waals surface area contributed by atoms with Gasteiger partial charge < -0.3 is 24.9 Å². The van der Waals surface area contributed by atoms with Gasteiger partial charge in [0, 0.05) is 44.4 Å². The Bertz CT molecular complexity index is 903. The van der Waals surface area contributed by atoms with Gasteiger partial charge in [0.1, 0.15) is 0 Å². The van der Waals surface area contributed by atoms with E-state index in [9.17, 15) is 33.0 Å². The van der Waals surface area contributed by atoms with Crippen LogP contribution in [0.1, 0.15) is 29.9 Å². The molecule has 1 aliphatic rings. The maximum atomic E-state index is 13.1. The molecule has 10 heteroatoms. The highest BCUT2D eigenvalue weighted by atomic mass is 19.4. The highest BCUT2D eigenvalue weighted by Crippen LogP contribution is 2.44. The van der Waals surface area contributed by atoms with E-state index in [0.29, 0.717) is 37.3 Å². The first-order valence-electron chi connectivity index (χ1n) is 10.4. The van der Waals surface area contributed by atoms with Crippen molar-refractivity contribution in [1.82, 2.24) is 14.7 Å². The van der Waals surface area contributed by atoms with Crippen molar-refractivity contribution in [2.24, 2.45) is 0 Å². The molecule has 2 rings (SSSR count). The number of rotatable bonds is 9. The number of nitrogens with zero attached hydrogens (tertiary/aromatic N) is 3. The van der Waals surface area contributed by atoms with E-state index in [2.05, 4.69) is 0 Å². The van der Waals surface area contributed by atoms with Gasteiger partial charge in [0.2, 0.25) is 0 Å². The van der Waals surface area contributed by atoms with Crippen molar-refractivity contribution in [1.29, 1.82) is 0 Å². The molecule has 0 bridgehead atoms. The second kappa shape index (κ2) is 10.4. The molecule has 0 amide bonds. The van der Waals surface area contributed by atoms with Crippen LogP contribution in [0, 0.1) is 0 Å². The van der Waals surface area contributed by atoms with Gasteiger partial charge in [-0.15, -0.1) is 0 Å². The van der Waals surface area contributed by atoms with Crippen molar-refractivity contribution in [3.05, 3.63) is 57.9 Å². The van der Waals surface area contributed by atoms with Gasteiger partial charge in [0.25, 0.3) is 0 Å². The number of alkyl halides is 3. The van der Waals surface area contributed by atoms with Crippen molar-refractivity contribution >= 4 is 11.9 Å². The molecule has 0 aliphatic carbocycles. The van der Waals surface area contributed by atoms with Crippen LogP contribution >= 0.6 is 0 Å². The molecule has 1 aromatic carbocycles. The van der Waals surface area contributed by atoms with Gasteiger partial charge in [-0.2, -0.15) is 13.2 Å². The summed E-state index contributed by atoms with van der Waals surface area (Å²) < 4.78 is 39.2. The molecule has 0 unspecified atom stereocenters. The van der Waals surface area contributed by atoms with Crippen molar-refractivity contribution in [3.8, 4) is 0 Å². The van der Waals surface area contributed by atoms with Crippen molar-refractivity contribution in [3.63, 3.8) is 0 Å². The lowest BCUT2D eigenvalue weighted by atomic mass is 9.78. The van der Waals surface area contributed by atoms with E-state index < -0.39 is 29.6 Å². The largest absolute Gasteiger partial charge is 0.478 e. The van der Waals surface area contributed by atoms with Gasteiger partial charge in [0.05, 0.1) is 22.6 Å². The third-order valence-electron chi connectivity index (χ3n) is 5.63. The van der Waals surface area contributed by atoms with Gasteiger partial charge in [-0.25, -0.2) is 9.59 Å². The summed E-state index contributed by atoms with van der Waals surface area (Å²) in [7, 11) is 8.99. The minimum absolute atomic E-state index is 0.134. The Labute approximate surface area is 191 Å². The SMILES string of the molecule is CN(C)CCC1=C(C(=O)O)C(c2ccc(C(F)(F)F)cc2)C(C(=O)O)=C(CCN(C)C)N1C. The fraction of sp³-hybridized carbons (Fsp3) is 0.478. The monoisotopic (exact) mass is 469 g/mol. The Morgan fingerprint density at radius 1 is 0.879 bits per heavy atom. The number of aliphatic carboxylic acids is 2. The first-order chi connectivity index (χ1) is 15.3. The number of halogens is 3. The number of carboxylic acids is 2. The van der Waals surface area contributed by atoms with Gasteiger partial charge in [-0.1, -0.05) is 12.1 Å². The Morgan fingerprint density at radius 3 is 1.58 bits per heavy atom. The number of hydrogen-bond donors (Lipinski definition) is 2. The van der Waals surface area contributed by atoms with Crippen molar-refractivity contribution in [2.45, 2.75) is 24.9 Å². The molecule has 0 fully saturated rings. The average molecular weight is 470 g/mol. The number of hydrogen-bond acceptors (Lipinski definition) is 5. The van der Waals surface area contributed by atoms with E-state index in [1.807, 2.05) is 38.0 Å². The highest BCUT2D eigenvalue weighted by Gasteiger charge is 2.41. The summed E-state index contributed by atoms with van der Waals surface area (Å²) in [6, 6.07) is 4.03. The minimum atomic E-state index is -4.56. The molecule has 1 aliphatic heterocycles. The Morgan fingerprint density at radius 2 is 1.27 bits per heavy atom. The van der Waals surface area contributed by atoms with Crippen molar-refractivity contribution < 1.29 is 33.0 Å². The molecular formula is C23H30F3N3O4. The molecule has 1 heterocycles. The number of carboxylic acid groups (broad SMARTS) is 2. The second-order valence-corrected chi connectivity index (χ2v) is 8.55. The quantitative estimate of drug-likeness (QED) is 0.574. The summed E-state index contributed by atoms with van der Waals surface area (Å²) in [4.78, 5) is 30.2. The molecular weight excluding hydrogens is 439 g/mol. The van der Waals surface area contributed by atoms with Crippen LogP contribution in [0.5, 0.6) is 0 Å². The lowest BCUT2D eigenvalue weighted by Crippen LogP contribution is -2.36. The van der Waals surface area contributed by atoms with E-state index >= 15 is 0 Å². The summed E-state index contributed by atoms with van der Waals surface area (Å²) in [6.07, 6.45) is -3.89. The molecule has 2 N–H and O–H groups in total. The first-order valence-corrected chi connectivity index (χ1v) is 10.4. The number of carbonyl (C=O) groups is 2.